The standard InChI is InChI=1S/C13H22O2/c1-10(2)11(14)7-9-13(3)8-5-4-6-12(13)15/h10H,4-9H2,1-3H3. The third kappa shape index (κ3) is 3.15. The van der Waals surface area contributed by atoms with Crippen LogP contribution in [0.25, 0.3) is 0 Å². The van der Waals surface area contributed by atoms with Crippen LogP contribution in [0.2, 0.25) is 0 Å². The Labute approximate surface area is 92.4 Å². The second-order valence-electron chi connectivity index (χ2n) is 5.31. The van der Waals surface area contributed by atoms with Gasteiger partial charge in [0.15, 0.2) is 0 Å². The van der Waals surface area contributed by atoms with Gasteiger partial charge in [0.2, 0.25) is 0 Å². The fraction of sp³-hybridized carbons (Fsp3) is 0.846. The molecule has 0 aliphatic heterocycles. The predicted molar refractivity (Wildman–Crippen MR) is 60.7 cm³/mol. The highest BCUT2D eigenvalue weighted by atomic mass is 16.1. The first-order valence-electron chi connectivity index (χ1n) is 6.02. The molecule has 0 bridgehead atoms. The molecule has 1 fully saturated rings. The van der Waals surface area contributed by atoms with Crippen molar-refractivity contribution in [1.82, 2.24) is 0 Å². The van der Waals surface area contributed by atoms with Gasteiger partial charge < -0.3 is 0 Å². The molecule has 15 heavy (non-hydrogen) atoms. The van der Waals surface area contributed by atoms with Gasteiger partial charge in [0.25, 0.3) is 0 Å². The number of ketones is 2. The molecule has 1 unspecified atom stereocenters. The van der Waals surface area contributed by atoms with E-state index in [2.05, 4.69) is 0 Å². The zero-order valence-corrected chi connectivity index (χ0v) is 10.1. The van der Waals surface area contributed by atoms with Crippen LogP contribution in [0.5, 0.6) is 0 Å². The smallest absolute Gasteiger partial charge is 0.138 e. The summed E-state index contributed by atoms with van der Waals surface area (Å²) in [5.74, 6) is 0.757. The molecule has 0 aromatic heterocycles. The van der Waals surface area contributed by atoms with E-state index in [1.54, 1.807) is 0 Å². The Bertz CT molecular complexity index is 255. The van der Waals surface area contributed by atoms with Crippen LogP contribution in [-0.4, -0.2) is 11.6 Å². The molecule has 1 aliphatic carbocycles. The minimum atomic E-state index is -0.206. The molecule has 2 heteroatoms. The van der Waals surface area contributed by atoms with E-state index in [9.17, 15) is 9.59 Å². The fourth-order valence-electron chi connectivity index (χ4n) is 2.19. The summed E-state index contributed by atoms with van der Waals surface area (Å²) in [6, 6.07) is 0. The predicted octanol–water partition coefficient (Wildman–Crippen LogP) is 3.14. The largest absolute Gasteiger partial charge is 0.299 e. The Morgan fingerprint density at radius 2 is 2.07 bits per heavy atom. The van der Waals surface area contributed by atoms with Crippen molar-refractivity contribution in [2.75, 3.05) is 0 Å². The van der Waals surface area contributed by atoms with Gasteiger partial charge in [0, 0.05) is 24.2 Å². The van der Waals surface area contributed by atoms with E-state index in [0.29, 0.717) is 18.6 Å². The van der Waals surface area contributed by atoms with Crippen LogP contribution in [0.3, 0.4) is 0 Å². The lowest BCUT2D eigenvalue weighted by atomic mass is 9.71. The molecule has 1 atom stereocenters. The lowest BCUT2D eigenvalue weighted by Gasteiger charge is -2.31. The van der Waals surface area contributed by atoms with Crippen molar-refractivity contribution in [2.24, 2.45) is 11.3 Å². The SMILES string of the molecule is CC(C)C(=O)CCC1(C)CCCCC1=O. The van der Waals surface area contributed by atoms with Gasteiger partial charge >= 0.3 is 0 Å². The van der Waals surface area contributed by atoms with Gasteiger partial charge in [-0.3, -0.25) is 9.59 Å². The van der Waals surface area contributed by atoms with Gasteiger partial charge in [-0.25, -0.2) is 0 Å². The van der Waals surface area contributed by atoms with E-state index in [0.717, 1.165) is 25.7 Å². The van der Waals surface area contributed by atoms with Crippen molar-refractivity contribution in [2.45, 2.75) is 59.3 Å². The van der Waals surface area contributed by atoms with Crippen LogP contribution >= 0.6 is 0 Å². The van der Waals surface area contributed by atoms with Gasteiger partial charge in [-0.05, 0) is 19.3 Å². The molecule has 2 nitrogen and oxygen atoms in total. The topological polar surface area (TPSA) is 34.1 Å². The zero-order chi connectivity index (χ0) is 11.5. The summed E-state index contributed by atoms with van der Waals surface area (Å²) in [6.07, 6.45) is 5.18. The molecule has 0 saturated heterocycles. The van der Waals surface area contributed by atoms with Gasteiger partial charge in [0.1, 0.15) is 11.6 Å². The van der Waals surface area contributed by atoms with E-state index in [4.69, 9.17) is 0 Å². The molecule has 0 N–H and O–H groups in total. The Morgan fingerprint density at radius 1 is 1.40 bits per heavy atom. The van der Waals surface area contributed by atoms with E-state index in [1.807, 2.05) is 20.8 Å². The molecule has 1 saturated carbocycles. The van der Waals surface area contributed by atoms with Crippen molar-refractivity contribution in [3.05, 3.63) is 0 Å². The maximum atomic E-state index is 11.8. The molecule has 0 aromatic carbocycles. The van der Waals surface area contributed by atoms with Crippen molar-refractivity contribution in [1.29, 1.82) is 0 Å². The van der Waals surface area contributed by atoms with E-state index >= 15 is 0 Å². The van der Waals surface area contributed by atoms with Crippen LogP contribution in [-0.2, 0) is 9.59 Å². The van der Waals surface area contributed by atoms with Crippen LogP contribution < -0.4 is 0 Å². The second kappa shape index (κ2) is 4.91. The fourth-order valence-corrected chi connectivity index (χ4v) is 2.19. The van der Waals surface area contributed by atoms with E-state index in [-0.39, 0.29) is 17.1 Å². The first-order chi connectivity index (χ1) is 6.96. The molecular weight excluding hydrogens is 188 g/mol. The van der Waals surface area contributed by atoms with Crippen LogP contribution in [0.4, 0.5) is 0 Å². The molecule has 0 amide bonds. The Morgan fingerprint density at radius 3 is 2.60 bits per heavy atom. The summed E-state index contributed by atoms with van der Waals surface area (Å²) in [4.78, 5) is 23.3. The van der Waals surface area contributed by atoms with Crippen LogP contribution in [0, 0.1) is 11.3 Å². The molecular formula is C13H22O2. The summed E-state index contributed by atoms with van der Waals surface area (Å²) in [5.41, 5.74) is -0.206. The molecule has 1 rings (SSSR count). The number of Topliss-reactive ketones (excluding diaryl/α,β-unsaturated/α-hetero) is 2. The quantitative estimate of drug-likeness (QED) is 0.714. The van der Waals surface area contributed by atoms with Gasteiger partial charge in [0.05, 0.1) is 0 Å². The summed E-state index contributed by atoms with van der Waals surface area (Å²) >= 11 is 0. The molecule has 0 spiro atoms. The van der Waals surface area contributed by atoms with Crippen molar-refractivity contribution < 1.29 is 9.59 Å². The first-order valence-corrected chi connectivity index (χ1v) is 6.02. The van der Waals surface area contributed by atoms with E-state index in [1.165, 1.54) is 0 Å². The highest BCUT2D eigenvalue weighted by Gasteiger charge is 2.35. The molecule has 0 aromatic rings. The molecule has 0 heterocycles. The Kier molecular flexibility index (Phi) is 4.06. The van der Waals surface area contributed by atoms with Crippen LogP contribution in [0.15, 0.2) is 0 Å². The number of carbonyl (C=O) groups excluding carboxylic acids is 2. The van der Waals surface area contributed by atoms with Crippen molar-refractivity contribution >= 4 is 11.6 Å². The van der Waals surface area contributed by atoms with Crippen LogP contribution in [0.1, 0.15) is 59.3 Å². The maximum absolute atomic E-state index is 11.8. The molecule has 0 radical (unpaired) electrons. The third-order valence-corrected chi connectivity index (χ3v) is 3.62. The average Bonchev–Trinajstić information content (AvgIpc) is 2.19. The minimum Gasteiger partial charge on any atom is -0.299 e. The van der Waals surface area contributed by atoms with Crippen molar-refractivity contribution in [3.8, 4) is 0 Å². The van der Waals surface area contributed by atoms with E-state index < -0.39 is 0 Å². The maximum Gasteiger partial charge on any atom is 0.138 e. The number of carbonyl (C=O) groups is 2. The first kappa shape index (κ1) is 12.4. The number of hydrogen-bond acceptors (Lipinski definition) is 2. The zero-order valence-electron chi connectivity index (χ0n) is 10.1. The third-order valence-electron chi connectivity index (χ3n) is 3.62. The summed E-state index contributed by atoms with van der Waals surface area (Å²) in [7, 11) is 0. The highest BCUT2D eigenvalue weighted by Crippen LogP contribution is 2.37. The second-order valence-corrected chi connectivity index (χ2v) is 5.31. The number of hydrogen-bond donors (Lipinski definition) is 0. The summed E-state index contributed by atoms with van der Waals surface area (Å²) in [6.45, 7) is 5.88. The lowest BCUT2D eigenvalue weighted by Crippen LogP contribution is -2.32. The van der Waals surface area contributed by atoms with Gasteiger partial charge in [-0.2, -0.15) is 0 Å². The van der Waals surface area contributed by atoms with Crippen molar-refractivity contribution in [3.63, 3.8) is 0 Å². The van der Waals surface area contributed by atoms with Gasteiger partial charge in [-0.1, -0.05) is 27.2 Å². The summed E-state index contributed by atoms with van der Waals surface area (Å²) < 4.78 is 0. The average molecular weight is 210 g/mol. The normalized spacial score (nSPS) is 27.1. The van der Waals surface area contributed by atoms with Gasteiger partial charge in [-0.15, -0.1) is 0 Å². The summed E-state index contributed by atoms with van der Waals surface area (Å²) in [5, 5.41) is 0. The molecule has 86 valence electrons. The minimum absolute atomic E-state index is 0.104. The monoisotopic (exact) mass is 210 g/mol. The highest BCUT2D eigenvalue weighted by molar-refractivity contribution is 5.86. The Hall–Kier alpha value is -0.660. The molecule has 1 aliphatic rings. The number of rotatable bonds is 4. The lowest BCUT2D eigenvalue weighted by molar-refractivity contribution is -0.131. The Balaban J connectivity index is 2.48.